The Morgan fingerprint density at radius 2 is 2.00 bits per heavy atom. The van der Waals surface area contributed by atoms with E-state index >= 15 is 0 Å². The van der Waals surface area contributed by atoms with Gasteiger partial charge in [0.15, 0.2) is 5.78 Å². The van der Waals surface area contributed by atoms with Gasteiger partial charge in [0.2, 0.25) is 0 Å². The van der Waals surface area contributed by atoms with E-state index in [0.717, 1.165) is 12.0 Å². The molecule has 1 aromatic rings. The van der Waals surface area contributed by atoms with Crippen LogP contribution in [0.2, 0.25) is 0 Å². The van der Waals surface area contributed by atoms with Crippen molar-refractivity contribution in [3.8, 4) is 0 Å². The van der Waals surface area contributed by atoms with Crippen molar-refractivity contribution >= 4 is 5.78 Å². The van der Waals surface area contributed by atoms with Gasteiger partial charge in [0.1, 0.15) is 6.10 Å². The number of fused-ring (bicyclic) bond motifs is 1. The average molecular weight is 236 g/mol. The zero-order valence-electron chi connectivity index (χ0n) is 9.47. The number of carbonyl (C=O) groups is 1. The number of ketones is 1. The molecule has 92 valence electrons. The fourth-order valence-corrected chi connectivity index (χ4v) is 2.15. The van der Waals surface area contributed by atoms with Gasteiger partial charge in [-0.2, -0.15) is 0 Å². The Hall–Kier alpha value is -1.23. The van der Waals surface area contributed by atoms with Gasteiger partial charge in [-0.15, -0.1) is 0 Å². The minimum Gasteiger partial charge on any atom is -0.396 e. The molecule has 0 saturated heterocycles. The van der Waals surface area contributed by atoms with Crippen LogP contribution in [0, 0.1) is 0 Å². The predicted molar refractivity (Wildman–Crippen MR) is 61.8 cm³/mol. The number of aliphatic hydroxyl groups excluding tert-OH is 3. The molecule has 2 rings (SSSR count). The SMILES string of the molecule is O=C1CCc2ccc(C(O)C(O)CCO)cc21. The molecular formula is C13H16O4. The van der Waals surface area contributed by atoms with Gasteiger partial charge in [-0.3, -0.25) is 4.79 Å². The Morgan fingerprint density at radius 1 is 1.24 bits per heavy atom. The molecule has 0 saturated carbocycles. The monoisotopic (exact) mass is 236 g/mol. The van der Waals surface area contributed by atoms with Gasteiger partial charge in [-0.1, -0.05) is 12.1 Å². The van der Waals surface area contributed by atoms with Crippen LogP contribution >= 0.6 is 0 Å². The van der Waals surface area contributed by atoms with E-state index in [1.54, 1.807) is 12.1 Å². The summed E-state index contributed by atoms with van der Waals surface area (Å²) in [6.45, 7) is -0.178. The van der Waals surface area contributed by atoms with Gasteiger partial charge in [0.05, 0.1) is 6.10 Å². The standard InChI is InChI=1S/C13H16O4/c14-6-5-12(16)13(17)9-2-1-8-3-4-11(15)10(8)7-9/h1-2,7,12-14,16-17H,3-6H2. The lowest BCUT2D eigenvalue weighted by Gasteiger charge is -2.17. The third-order valence-corrected chi connectivity index (χ3v) is 3.19. The molecule has 1 aliphatic carbocycles. The maximum atomic E-state index is 11.6. The van der Waals surface area contributed by atoms with Crippen LogP contribution in [0.5, 0.6) is 0 Å². The van der Waals surface area contributed by atoms with E-state index in [1.165, 1.54) is 0 Å². The van der Waals surface area contributed by atoms with Crippen molar-refractivity contribution < 1.29 is 20.1 Å². The Labute approximate surface area is 99.5 Å². The molecule has 2 atom stereocenters. The van der Waals surface area contributed by atoms with Crippen molar-refractivity contribution in [2.75, 3.05) is 6.61 Å². The largest absolute Gasteiger partial charge is 0.396 e. The Bertz CT molecular complexity index is 427. The van der Waals surface area contributed by atoms with E-state index in [-0.39, 0.29) is 18.8 Å². The molecule has 17 heavy (non-hydrogen) atoms. The van der Waals surface area contributed by atoms with Crippen LogP contribution in [-0.4, -0.2) is 33.8 Å². The number of rotatable bonds is 4. The fourth-order valence-electron chi connectivity index (χ4n) is 2.15. The van der Waals surface area contributed by atoms with Crippen LogP contribution in [0.25, 0.3) is 0 Å². The summed E-state index contributed by atoms with van der Waals surface area (Å²) in [6.07, 6.45) is -0.667. The van der Waals surface area contributed by atoms with Crippen molar-refractivity contribution in [3.63, 3.8) is 0 Å². The second kappa shape index (κ2) is 4.96. The number of hydrogen-bond donors (Lipinski definition) is 3. The molecule has 0 aliphatic heterocycles. The normalized spacial score (nSPS) is 17.9. The lowest BCUT2D eigenvalue weighted by atomic mass is 9.98. The Balaban J connectivity index is 2.22. The first-order valence-electron chi connectivity index (χ1n) is 5.76. The third-order valence-electron chi connectivity index (χ3n) is 3.19. The van der Waals surface area contributed by atoms with Crippen molar-refractivity contribution in [1.29, 1.82) is 0 Å². The second-order valence-corrected chi connectivity index (χ2v) is 4.36. The zero-order chi connectivity index (χ0) is 12.4. The number of aryl methyl sites for hydroxylation is 1. The summed E-state index contributed by atoms with van der Waals surface area (Å²) in [5.41, 5.74) is 2.18. The quantitative estimate of drug-likeness (QED) is 0.715. The minimum atomic E-state index is -1.05. The number of aliphatic hydroxyl groups is 3. The number of Topliss-reactive ketones (excluding diaryl/α,β-unsaturated/α-hetero) is 1. The predicted octanol–water partition coefficient (Wildman–Crippen LogP) is 0.592. The van der Waals surface area contributed by atoms with E-state index in [9.17, 15) is 15.0 Å². The Morgan fingerprint density at radius 3 is 2.71 bits per heavy atom. The third kappa shape index (κ3) is 2.39. The highest BCUT2D eigenvalue weighted by Crippen LogP contribution is 2.27. The lowest BCUT2D eigenvalue weighted by molar-refractivity contribution is 0.00418. The summed E-state index contributed by atoms with van der Waals surface area (Å²) >= 11 is 0. The van der Waals surface area contributed by atoms with Gasteiger partial charge in [-0.05, 0) is 30.0 Å². The highest BCUT2D eigenvalue weighted by Gasteiger charge is 2.23. The molecule has 3 N–H and O–H groups in total. The molecule has 0 amide bonds. The molecule has 4 nitrogen and oxygen atoms in total. The molecule has 4 heteroatoms. The first-order valence-corrected chi connectivity index (χ1v) is 5.76. The molecule has 0 aromatic heterocycles. The van der Waals surface area contributed by atoms with Crippen LogP contribution in [0.15, 0.2) is 18.2 Å². The average Bonchev–Trinajstić information content (AvgIpc) is 2.70. The minimum absolute atomic E-state index is 0.0886. The molecule has 0 spiro atoms. The summed E-state index contributed by atoms with van der Waals surface area (Å²) in [4.78, 5) is 11.6. The number of carbonyl (C=O) groups excluding carboxylic acids is 1. The molecule has 0 fully saturated rings. The number of hydrogen-bond acceptors (Lipinski definition) is 4. The molecule has 1 aromatic carbocycles. The maximum absolute atomic E-state index is 11.6. The maximum Gasteiger partial charge on any atom is 0.163 e. The van der Waals surface area contributed by atoms with Crippen molar-refractivity contribution in [2.24, 2.45) is 0 Å². The molecule has 0 heterocycles. The van der Waals surface area contributed by atoms with Crippen molar-refractivity contribution in [3.05, 3.63) is 34.9 Å². The zero-order valence-corrected chi connectivity index (χ0v) is 9.47. The van der Waals surface area contributed by atoms with E-state index in [4.69, 9.17) is 5.11 Å². The van der Waals surface area contributed by atoms with Gasteiger partial charge >= 0.3 is 0 Å². The number of benzene rings is 1. The molecule has 0 radical (unpaired) electrons. The molecule has 0 bridgehead atoms. The first-order chi connectivity index (χ1) is 8.13. The topological polar surface area (TPSA) is 77.8 Å². The van der Waals surface area contributed by atoms with Gasteiger partial charge in [0, 0.05) is 18.6 Å². The summed E-state index contributed by atoms with van der Waals surface area (Å²) in [5, 5.41) is 28.2. The van der Waals surface area contributed by atoms with Gasteiger partial charge in [-0.25, -0.2) is 0 Å². The fraction of sp³-hybridized carbons (Fsp3) is 0.462. The second-order valence-electron chi connectivity index (χ2n) is 4.36. The van der Waals surface area contributed by atoms with E-state index in [1.807, 2.05) is 6.07 Å². The molecule has 2 unspecified atom stereocenters. The van der Waals surface area contributed by atoms with E-state index < -0.39 is 12.2 Å². The summed E-state index contributed by atoms with van der Waals surface area (Å²) < 4.78 is 0. The summed E-state index contributed by atoms with van der Waals surface area (Å²) in [6, 6.07) is 5.20. The van der Waals surface area contributed by atoms with Gasteiger partial charge in [0.25, 0.3) is 0 Å². The van der Waals surface area contributed by atoms with E-state index in [2.05, 4.69) is 0 Å². The molecule has 1 aliphatic rings. The first kappa shape index (κ1) is 12.2. The van der Waals surface area contributed by atoms with Crippen LogP contribution in [0.1, 0.15) is 40.4 Å². The summed E-state index contributed by atoms with van der Waals surface area (Å²) in [5.74, 6) is 0.0886. The molecular weight excluding hydrogens is 220 g/mol. The highest BCUT2D eigenvalue weighted by molar-refractivity contribution is 6.00. The van der Waals surface area contributed by atoms with Crippen LogP contribution < -0.4 is 0 Å². The Kier molecular flexibility index (Phi) is 3.57. The van der Waals surface area contributed by atoms with Crippen molar-refractivity contribution in [1.82, 2.24) is 0 Å². The van der Waals surface area contributed by atoms with E-state index in [0.29, 0.717) is 17.5 Å². The van der Waals surface area contributed by atoms with Gasteiger partial charge < -0.3 is 15.3 Å². The highest BCUT2D eigenvalue weighted by atomic mass is 16.3. The summed E-state index contributed by atoms with van der Waals surface area (Å²) in [7, 11) is 0. The van der Waals surface area contributed by atoms with Crippen LogP contribution in [0.4, 0.5) is 0 Å². The smallest absolute Gasteiger partial charge is 0.163 e. The van der Waals surface area contributed by atoms with Crippen LogP contribution in [0.3, 0.4) is 0 Å². The van der Waals surface area contributed by atoms with Crippen LogP contribution in [-0.2, 0) is 6.42 Å². The lowest BCUT2D eigenvalue weighted by Crippen LogP contribution is -2.19. The van der Waals surface area contributed by atoms with Crippen molar-refractivity contribution in [2.45, 2.75) is 31.5 Å².